The molecule has 0 atom stereocenters. The highest BCUT2D eigenvalue weighted by atomic mass is 16.5. The number of ether oxygens (including phenoxy) is 2. The van der Waals surface area contributed by atoms with Gasteiger partial charge in [-0.2, -0.15) is 0 Å². The Morgan fingerprint density at radius 2 is 1.33 bits per heavy atom. The molecular formula is C27H39NO2. The molecule has 0 bridgehead atoms. The number of benzene rings is 1. The first kappa shape index (κ1) is 24.0. The van der Waals surface area contributed by atoms with Crippen molar-refractivity contribution >= 4 is 12.2 Å². The number of hydrogen-bond acceptors (Lipinski definition) is 3. The third-order valence-electron chi connectivity index (χ3n) is 5.17. The van der Waals surface area contributed by atoms with Gasteiger partial charge in [-0.3, -0.25) is 4.98 Å². The van der Waals surface area contributed by atoms with Crippen LogP contribution in [-0.4, -0.2) is 18.2 Å². The summed E-state index contributed by atoms with van der Waals surface area (Å²) in [5.74, 6) is 1.80. The fourth-order valence-electron chi connectivity index (χ4n) is 3.31. The number of pyridine rings is 1. The molecule has 0 N–H and O–H groups in total. The van der Waals surface area contributed by atoms with Gasteiger partial charge in [-0.05, 0) is 42.7 Å². The minimum absolute atomic E-state index is 0.750. The molecule has 164 valence electrons. The molecule has 1 aromatic carbocycles. The van der Waals surface area contributed by atoms with Gasteiger partial charge >= 0.3 is 0 Å². The fraction of sp³-hybridized carbons (Fsp3) is 0.519. The highest BCUT2D eigenvalue weighted by Gasteiger charge is 2.05. The van der Waals surface area contributed by atoms with Crippen LogP contribution in [0.25, 0.3) is 12.2 Å². The highest BCUT2D eigenvalue weighted by Crippen LogP contribution is 2.27. The van der Waals surface area contributed by atoms with Crippen LogP contribution in [-0.2, 0) is 0 Å². The van der Waals surface area contributed by atoms with Crippen molar-refractivity contribution in [1.82, 2.24) is 4.98 Å². The van der Waals surface area contributed by atoms with E-state index in [0.717, 1.165) is 48.7 Å². The van der Waals surface area contributed by atoms with Crippen LogP contribution in [0.4, 0.5) is 0 Å². The van der Waals surface area contributed by atoms with E-state index in [1.807, 2.05) is 36.7 Å². The average molecular weight is 410 g/mol. The Bertz CT molecular complexity index is 712. The molecule has 0 fully saturated rings. The average Bonchev–Trinajstić information content (AvgIpc) is 2.78. The van der Waals surface area contributed by atoms with E-state index in [1.54, 1.807) is 0 Å². The predicted molar refractivity (Wildman–Crippen MR) is 128 cm³/mol. The van der Waals surface area contributed by atoms with E-state index >= 15 is 0 Å². The second-order valence-electron chi connectivity index (χ2n) is 7.84. The van der Waals surface area contributed by atoms with Gasteiger partial charge in [0.05, 0.1) is 13.2 Å². The fourth-order valence-corrected chi connectivity index (χ4v) is 3.31. The van der Waals surface area contributed by atoms with Crippen molar-refractivity contribution in [2.75, 3.05) is 13.2 Å². The van der Waals surface area contributed by atoms with Crippen LogP contribution in [0.5, 0.6) is 11.5 Å². The molecule has 1 heterocycles. The van der Waals surface area contributed by atoms with Gasteiger partial charge in [-0.25, -0.2) is 0 Å². The Balaban J connectivity index is 1.95. The van der Waals surface area contributed by atoms with E-state index in [0.29, 0.717) is 0 Å². The monoisotopic (exact) mass is 409 g/mol. The molecule has 0 aliphatic carbocycles. The molecular weight excluding hydrogens is 370 g/mol. The van der Waals surface area contributed by atoms with Crippen molar-refractivity contribution in [3.63, 3.8) is 0 Å². The first-order chi connectivity index (χ1) is 14.8. The highest BCUT2D eigenvalue weighted by molar-refractivity contribution is 5.72. The van der Waals surface area contributed by atoms with E-state index < -0.39 is 0 Å². The Labute approximate surface area is 183 Å². The van der Waals surface area contributed by atoms with E-state index in [1.165, 1.54) is 51.4 Å². The first-order valence-corrected chi connectivity index (χ1v) is 11.8. The van der Waals surface area contributed by atoms with E-state index in [9.17, 15) is 0 Å². The summed E-state index contributed by atoms with van der Waals surface area (Å²) in [7, 11) is 0. The van der Waals surface area contributed by atoms with Gasteiger partial charge in [-0.15, -0.1) is 0 Å². The van der Waals surface area contributed by atoms with Gasteiger partial charge in [0, 0.05) is 24.0 Å². The number of unbranched alkanes of at least 4 members (excludes halogenated alkanes) is 8. The molecule has 2 aromatic rings. The maximum atomic E-state index is 6.16. The van der Waals surface area contributed by atoms with Crippen LogP contribution in [0.1, 0.15) is 89.2 Å². The van der Waals surface area contributed by atoms with Gasteiger partial charge in [0.2, 0.25) is 0 Å². The number of hydrogen-bond donors (Lipinski definition) is 0. The molecule has 0 amide bonds. The molecule has 30 heavy (non-hydrogen) atoms. The van der Waals surface area contributed by atoms with Gasteiger partial charge in [0.1, 0.15) is 11.5 Å². The standard InChI is InChI=1S/C27H39NO2/c1-3-5-7-9-11-21-29-26-16-15-25(14-13-24-17-19-28-20-18-24)27(23-26)30-22-12-10-8-6-4-2/h13-20,23H,3-12,21-22H2,1-2H3/b14-13+. The lowest BCUT2D eigenvalue weighted by molar-refractivity contribution is 0.289. The Morgan fingerprint density at radius 3 is 2.00 bits per heavy atom. The molecule has 0 saturated carbocycles. The van der Waals surface area contributed by atoms with Gasteiger partial charge in [0.15, 0.2) is 0 Å². The van der Waals surface area contributed by atoms with E-state index in [-0.39, 0.29) is 0 Å². The van der Waals surface area contributed by atoms with Crippen LogP contribution in [0, 0.1) is 0 Å². The zero-order chi connectivity index (χ0) is 21.3. The summed E-state index contributed by atoms with van der Waals surface area (Å²) >= 11 is 0. The topological polar surface area (TPSA) is 31.4 Å². The molecule has 0 spiro atoms. The number of nitrogens with zero attached hydrogens (tertiary/aromatic N) is 1. The molecule has 3 heteroatoms. The summed E-state index contributed by atoms with van der Waals surface area (Å²) < 4.78 is 12.2. The third-order valence-corrected chi connectivity index (χ3v) is 5.17. The lowest BCUT2D eigenvalue weighted by atomic mass is 10.1. The van der Waals surface area contributed by atoms with Crippen LogP contribution in [0.15, 0.2) is 42.7 Å². The summed E-state index contributed by atoms with van der Waals surface area (Å²) in [5, 5.41) is 0. The molecule has 0 aliphatic heterocycles. The van der Waals surface area contributed by atoms with Crippen molar-refractivity contribution in [2.24, 2.45) is 0 Å². The largest absolute Gasteiger partial charge is 0.493 e. The molecule has 0 aliphatic rings. The van der Waals surface area contributed by atoms with Crippen LogP contribution >= 0.6 is 0 Å². The Morgan fingerprint density at radius 1 is 0.700 bits per heavy atom. The quantitative estimate of drug-likeness (QED) is 0.264. The van der Waals surface area contributed by atoms with Crippen molar-refractivity contribution < 1.29 is 9.47 Å². The molecule has 3 nitrogen and oxygen atoms in total. The number of rotatable bonds is 16. The van der Waals surface area contributed by atoms with Crippen LogP contribution in [0.3, 0.4) is 0 Å². The molecule has 0 saturated heterocycles. The smallest absolute Gasteiger partial charge is 0.130 e. The van der Waals surface area contributed by atoms with Gasteiger partial charge in [0.25, 0.3) is 0 Å². The third kappa shape index (κ3) is 9.96. The predicted octanol–water partition coefficient (Wildman–Crippen LogP) is 7.95. The molecule has 1 aromatic heterocycles. The summed E-state index contributed by atoms with van der Waals surface area (Å²) in [6.07, 6.45) is 20.2. The Kier molecular flexibility index (Phi) is 12.4. The minimum atomic E-state index is 0.750. The van der Waals surface area contributed by atoms with E-state index in [2.05, 4.69) is 37.0 Å². The van der Waals surface area contributed by atoms with Crippen molar-refractivity contribution in [2.45, 2.75) is 78.1 Å². The lowest BCUT2D eigenvalue weighted by Gasteiger charge is -2.13. The van der Waals surface area contributed by atoms with Crippen molar-refractivity contribution in [1.29, 1.82) is 0 Å². The second kappa shape index (κ2) is 15.5. The van der Waals surface area contributed by atoms with Gasteiger partial charge in [-0.1, -0.05) is 77.4 Å². The zero-order valence-electron chi connectivity index (χ0n) is 18.9. The second-order valence-corrected chi connectivity index (χ2v) is 7.84. The van der Waals surface area contributed by atoms with Crippen molar-refractivity contribution in [3.05, 3.63) is 53.9 Å². The number of aromatic nitrogens is 1. The molecule has 0 radical (unpaired) electrons. The normalized spacial score (nSPS) is 11.1. The maximum Gasteiger partial charge on any atom is 0.130 e. The minimum Gasteiger partial charge on any atom is -0.493 e. The summed E-state index contributed by atoms with van der Waals surface area (Å²) in [4.78, 5) is 4.08. The summed E-state index contributed by atoms with van der Waals surface area (Å²) in [6.45, 7) is 6.01. The molecule has 2 rings (SSSR count). The summed E-state index contributed by atoms with van der Waals surface area (Å²) in [5.41, 5.74) is 2.21. The van der Waals surface area contributed by atoms with Gasteiger partial charge < -0.3 is 9.47 Å². The summed E-state index contributed by atoms with van der Waals surface area (Å²) in [6, 6.07) is 10.2. The van der Waals surface area contributed by atoms with Crippen LogP contribution < -0.4 is 9.47 Å². The first-order valence-electron chi connectivity index (χ1n) is 11.8. The maximum absolute atomic E-state index is 6.16. The zero-order valence-corrected chi connectivity index (χ0v) is 18.9. The lowest BCUT2D eigenvalue weighted by Crippen LogP contribution is -2.01. The van der Waals surface area contributed by atoms with Crippen LogP contribution in [0.2, 0.25) is 0 Å². The Hall–Kier alpha value is -2.29. The van der Waals surface area contributed by atoms with E-state index in [4.69, 9.17) is 9.47 Å². The molecule has 0 unspecified atom stereocenters. The SMILES string of the molecule is CCCCCCCOc1ccc(/C=C/c2ccncc2)c(OCCCCCCC)c1. The van der Waals surface area contributed by atoms with Crippen molar-refractivity contribution in [3.8, 4) is 11.5 Å².